The SMILES string of the molecule is Clc1ccsc1-c1nc(-c2ccc3c(c2)OCO3)no1. The maximum atomic E-state index is 6.05. The summed E-state index contributed by atoms with van der Waals surface area (Å²) in [6.07, 6.45) is 0. The highest BCUT2D eigenvalue weighted by Crippen LogP contribution is 2.37. The standard InChI is InChI=1S/C13H7ClN2O3S/c14-8-3-4-20-11(8)13-15-12(16-19-13)7-1-2-9-10(5-7)18-6-17-9/h1-5H,6H2. The molecule has 0 amide bonds. The molecule has 7 heteroatoms. The van der Waals surface area contributed by atoms with Crippen LogP contribution in [0.25, 0.3) is 22.2 Å². The second-order valence-corrected chi connectivity index (χ2v) is 5.41. The quantitative estimate of drug-likeness (QED) is 0.720. The van der Waals surface area contributed by atoms with Crippen molar-refractivity contribution in [2.75, 3.05) is 6.79 Å². The Balaban J connectivity index is 1.73. The van der Waals surface area contributed by atoms with Gasteiger partial charge in [0.15, 0.2) is 11.5 Å². The Hall–Kier alpha value is -2.05. The highest BCUT2D eigenvalue weighted by Gasteiger charge is 2.18. The van der Waals surface area contributed by atoms with Crippen molar-refractivity contribution in [1.82, 2.24) is 10.1 Å². The maximum Gasteiger partial charge on any atom is 0.269 e. The van der Waals surface area contributed by atoms with Gasteiger partial charge in [0.05, 0.1) is 5.02 Å². The summed E-state index contributed by atoms with van der Waals surface area (Å²) in [5.74, 6) is 2.31. The van der Waals surface area contributed by atoms with E-state index >= 15 is 0 Å². The number of fused-ring (bicyclic) bond motifs is 1. The normalized spacial score (nSPS) is 12.8. The van der Waals surface area contributed by atoms with E-state index < -0.39 is 0 Å². The number of aromatic nitrogens is 2. The lowest BCUT2D eigenvalue weighted by molar-refractivity contribution is 0.174. The average molecular weight is 307 g/mol. The Bertz CT molecular complexity index is 784. The van der Waals surface area contributed by atoms with Gasteiger partial charge < -0.3 is 14.0 Å². The van der Waals surface area contributed by atoms with Crippen LogP contribution in [-0.4, -0.2) is 16.9 Å². The lowest BCUT2D eigenvalue weighted by Gasteiger charge is -1.97. The summed E-state index contributed by atoms with van der Waals surface area (Å²) in [4.78, 5) is 5.13. The first-order chi connectivity index (χ1) is 9.81. The highest BCUT2D eigenvalue weighted by molar-refractivity contribution is 7.14. The summed E-state index contributed by atoms with van der Waals surface area (Å²) in [5, 5.41) is 6.46. The molecule has 20 heavy (non-hydrogen) atoms. The summed E-state index contributed by atoms with van der Waals surface area (Å²) in [6.45, 7) is 0.237. The van der Waals surface area contributed by atoms with Gasteiger partial charge in [-0.15, -0.1) is 11.3 Å². The van der Waals surface area contributed by atoms with Crippen LogP contribution >= 0.6 is 22.9 Å². The third-order valence-corrected chi connectivity index (χ3v) is 4.20. The lowest BCUT2D eigenvalue weighted by Crippen LogP contribution is -1.92. The molecular weight excluding hydrogens is 300 g/mol. The van der Waals surface area contributed by atoms with Gasteiger partial charge in [-0.2, -0.15) is 4.98 Å². The van der Waals surface area contributed by atoms with Crippen LogP contribution in [0.5, 0.6) is 11.5 Å². The van der Waals surface area contributed by atoms with Crippen LogP contribution in [0, 0.1) is 0 Å². The van der Waals surface area contributed by atoms with Crippen molar-refractivity contribution in [3.05, 3.63) is 34.7 Å². The number of nitrogens with zero attached hydrogens (tertiary/aromatic N) is 2. The van der Waals surface area contributed by atoms with E-state index in [0.717, 1.165) is 16.2 Å². The molecule has 3 heterocycles. The first kappa shape index (κ1) is 11.7. The molecule has 0 radical (unpaired) electrons. The van der Waals surface area contributed by atoms with E-state index in [1.165, 1.54) is 11.3 Å². The molecule has 5 nitrogen and oxygen atoms in total. The van der Waals surface area contributed by atoms with Gasteiger partial charge in [-0.1, -0.05) is 16.8 Å². The van der Waals surface area contributed by atoms with Crippen LogP contribution in [0.2, 0.25) is 5.02 Å². The molecule has 4 rings (SSSR count). The minimum absolute atomic E-state index is 0.237. The second kappa shape index (κ2) is 4.50. The molecule has 0 aliphatic carbocycles. The van der Waals surface area contributed by atoms with Gasteiger partial charge in [0.2, 0.25) is 12.6 Å². The summed E-state index contributed by atoms with van der Waals surface area (Å²) in [7, 11) is 0. The van der Waals surface area contributed by atoms with Crippen LogP contribution in [0.4, 0.5) is 0 Å². The molecule has 0 atom stereocenters. The smallest absolute Gasteiger partial charge is 0.269 e. The minimum Gasteiger partial charge on any atom is -0.454 e. The van der Waals surface area contributed by atoms with Crippen molar-refractivity contribution in [3.8, 4) is 33.7 Å². The fourth-order valence-electron chi connectivity index (χ4n) is 1.91. The number of halogens is 1. The monoisotopic (exact) mass is 306 g/mol. The van der Waals surface area contributed by atoms with E-state index in [-0.39, 0.29) is 6.79 Å². The molecule has 0 saturated carbocycles. The minimum atomic E-state index is 0.237. The molecule has 0 fully saturated rings. The molecule has 1 aliphatic heterocycles. The first-order valence-electron chi connectivity index (χ1n) is 5.78. The number of hydrogen-bond acceptors (Lipinski definition) is 6. The van der Waals surface area contributed by atoms with E-state index in [9.17, 15) is 0 Å². The highest BCUT2D eigenvalue weighted by atomic mass is 35.5. The Labute approximate surface area is 122 Å². The lowest BCUT2D eigenvalue weighted by atomic mass is 10.2. The Morgan fingerprint density at radius 1 is 1.15 bits per heavy atom. The zero-order valence-corrected chi connectivity index (χ0v) is 11.6. The molecule has 0 unspecified atom stereocenters. The van der Waals surface area contributed by atoms with Crippen molar-refractivity contribution in [1.29, 1.82) is 0 Å². The number of benzene rings is 1. The van der Waals surface area contributed by atoms with E-state index in [1.54, 1.807) is 6.07 Å². The van der Waals surface area contributed by atoms with Crippen molar-refractivity contribution in [3.63, 3.8) is 0 Å². The Kier molecular flexibility index (Phi) is 2.64. The van der Waals surface area contributed by atoms with Crippen molar-refractivity contribution >= 4 is 22.9 Å². The van der Waals surface area contributed by atoms with Crippen molar-refractivity contribution in [2.45, 2.75) is 0 Å². The molecule has 1 aromatic carbocycles. The van der Waals surface area contributed by atoms with Gasteiger partial charge in [-0.3, -0.25) is 0 Å². The van der Waals surface area contributed by atoms with E-state index in [1.807, 2.05) is 23.6 Å². The van der Waals surface area contributed by atoms with Crippen LogP contribution in [0.3, 0.4) is 0 Å². The van der Waals surface area contributed by atoms with Gasteiger partial charge in [0, 0.05) is 5.56 Å². The topological polar surface area (TPSA) is 57.4 Å². The van der Waals surface area contributed by atoms with Crippen LogP contribution in [0.15, 0.2) is 34.2 Å². The molecular formula is C13H7ClN2O3S. The third kappa shape index (κ3) is 1.85. The Morgan fingerprint density at radius 3 is 2.90 bits per heavy atom. The zero-order chi connectivity index (χ0) is 13.5. The van der Waals surface area contributed by atoms with Crippen LogP contribution in [0.1, 0.15) is 0 Å². The average Bonchev–Trinajstić information content (AvgIpc) is 3.17. The molecule has 0 saturated heterocycles. The van der Waals surface area contributed by atoms with Gasteiger partial charge >= 0.3 is 0 Å². The Morgan fingerprint density at radius 2 is 2.05 bits per heavy atom. The fraction of sp³-hybridized carbons (Fsp3) is 0.0769. The van der Waals surface area contributed by atoms with E-state index in [4.69, 9.17) is 25.6 Å². The molecule has 3 aromatic rings. The molecule has 0 N–H and O–H groups in total. The molecule has 2 aromatic heterocycles. The van der Waals surface area contributed by atoms with E-state index in [0.29, 0.717) is 22.5 Å². The maximum absolute atomic E-state index is 6.05. The second-order valence-electron chi connectivity index (χ2n) is 4.09. The van der Waals surface area contributed by atoms with Crippen LogP contribution in [-0.2, 0) is 0 Å². The molecule has 0 spiro atoms. The zero-order valence-electron chi connectivity index (χ0n) is 10.00. The van der Waals surface area contributed by atoms with Crippen LogP contribution < -0.4 is 9.47 Å². The predicted molar refractivity (Wildman–Crippen MR) is 74.2 cm³/mol. The van der Waals surface area contributed by atoms with Crippen molar-refractivity contribution < 1.29 is 14.0 Å². The first-order valence-corrected chi connectivity index (χ1v) is 7.04. The van der Waals surface area contributed by atoms with Gasteiger partial charge in [0.25, 0.3) is 5.89 Å². The molecule has 1 aliphatic rings. The van der Waals surface area contributed by atoms with Crippen molar-refractivity contribution in [2.24, 2.45) is 0 Å². The molecule has 100 valence electrons. The number of thiophene rings is 1. The third-order valence-electron chi connectivity index (χ3n) is 2.87. The summed E-state index contributed by atoms with van der Waals surface area (Å²) >= 11 is 7.51. The fourth-order valence-corrected chi connectivity index (χ4v) is 2.97. The largest absolute Gasteiger partial charge is 0.454 e. The van der Waals surface area contributed by atoms with E-state index in [2.05, 4.69) is 10.1 Å². The number of hydrogen-bond donors (Lipinski definition) is 0. The molecule has 0 bridgehead atoms. The number of ether oxygens (including phenoxy) is 2. The summed E-state index contributed by atoms with van der Waals surface area (Å²) in [5.41, 5.74) is 0.803. The van der Waals surface area contributed by atoms with Gasteiger partial charge in [-0.25, -0.2) is 0 Å². The summed E-state index contributed by atoms with van der Waals surface area (Å²) < 4.78 is 15.9. The summed E-state index contributed by atoms with van der Waals surface area (Å²) in [6, 6.07) is 7.31. The predicted octanol–water partition coefficient (Wildman–Crippen LogP) is 3.85. The van der Waals surface area contributed by atoms with Gasteiger partial charge in [-0.05, 0) is 29.6 Å². The number of rotatable bonds is 2. The van der Waals surface area contributed by atoms with Gasteiger partial charge in [0.1, 0.15) is 4.88 Å².